The fourth-order valence-corrected chi connectivity index (χ4v) is 22.1. The van der Waals surface area contributed by atoms with Gasteiger partial charge in [-0.25, -0.2) is 19.9 Å². The SMILES string of the molecule is CC1(C)c2ccccc2-c2ccc(-c3nc(-c4ccc(-c5ccc6c(c5)C5(c7ccccc7-6)c6ccccc6-n6c7ccccc7c7cccc5c76)cc4)cc(-c4cccc(-c5cccc6c5c5cccc7c5n6-c5ccc(-c6cccc(-c8nc(-c9ccccc9)cc(-c9ccccc9)n8)c6)cc5C75c6ccccc6-c6ccccc65)c4)n3)cc21. The zero-order chi connectivity index (χ0) is 79.6. The lowest BCUT2D eigenvalue weighted by Crippen LogP contribution is -2.33. The first-order chi connectivity index (χ1) is 59.7. The summed E-state index contributed by atoms with van der Waals surface area (Å²) in [5.41, 5.74) is 42.4. The van der Waals surface area contributed by atoms with Gasteiger partial charge < -0.3 is 9.13 Å². The van der Waals surface area contributed by atoms with E-state index in [4.69, 9.17) is 19.9 Å². The second-order valence-corrected chi connectivity index (χ2v) is 33.8. The van der Waals surface area contributed by atoms with Gasteiger partial charge in [0.15, 0.2) is 11.6 Å². The van der Waals surface area contributed by atoms with E-state index in [1.807, 2.05) is 12.1 Å². The summed E-state index contributed by atoms with van der Waals surface area (Å²) in [6, 6.07) is 149. The Labute approximate surface area is 700 Å². The molecule has 1 atom stereocenters. The molecule has 21 aromatic rings. The van der Waals surface area contributed by atoms with Gasteiger partial charge in [-0.1, -0.05) is 347 Å². The Morgan fingerprint density at radius 1 is 0.198 bits per heavy atom. The highest BCUT2D eigenvalue weighted by Gasteiger charge is 2.53. The molecule has 1 unspecified atom stereocenters. The predicted octanol–water partition coefficient (Wildman–Crippen LogP) is 28.1. The Bertz CT molecular complexity index is 7960. The van der Waals surface area contributed by atoms with E-state index in [0.717, 1.165) is 101 Å². The van der Waals surface area contributed by atoms with E-state index in [1.54, 1.807) is 0 Å². The Morgan fingerprint density at radius 2 is 0.562 bits per heavy atom. The van der Waals surface area contributed by atoms with Gasteiger partial charge in [0, 0.05) is 60.3 Å². The Morgan fingerprint density at radius 3 is 1.23 bits per heavy atom. The molecule has 0 saturated carbocycles. The largest absolute Gasteiger partial charge is 0.309 e. The number of aromatic nitrogens is 6. The van der Waals surface area contributed by atoms with Gasteiger partial charge in [0.1, 0.15) is 0 Å². The van der Waals surface area contributed by atoms with Crippen LogP contribution in [0.3, 0.4) is 0 Å². The topological polar surface area (TPSA) is 61.4 Å². The third kappa shape index (κ3) is 9.41. The lowest BCUT2D eigenvalue weighted by Gasteiger charge is -2.40. The van der Waals surface area contributed by atoms with E-state index in [0.29, 0.717) is 11.6 Å². The second-order valence-electron chi connectivity index (χ2n) is 33.8. The van der Waals surface area contributed by atoms with Crippen molar-refractivity contribution in [2.75, 3.05) is 0 Å². The summed E-state index contributed by atoms with van der Waals surface area (Å²) < 4.78 is 5.10. The van der Waals surface area contributed by atoms with Crippen LogP contribution < -0.4 is 0 Å². The van der Waals surface area contributed by atoms with Crippen molar-refractivity contribution in [2.24, 2.45) is 0 Å². The number of rotatable bonds is 9. The van der Waals surface area contributed by atoms with Crippen LogP contribution in [0.15, 0.2) is 400 Å². The lowest BCUT2D eigenvalue weighted by molar-refractivity contribution is 0.660. The maximum atomic E-state index is 5.68. The third-order valence-electron chi connectivity index (χ3n) is 27.4. The molecule has 0 amide bonds. The van der Waals surface area contributed by atoms with Crippen molar-refractivity contribution in [2.45, 2.75) is 30.1 Å². The minimum atomic E-state index is -0.680. The molecule has 6 nitrogen and oxygen atoms in total. The van der Waals surface area contributed by atoms with Gasteiger partial charge in [0.25, 0.3) is 0 Å². The van der Waals surface area contributed by atoms with E-state index in [9.17, 15) is 0 Å². The minimum absolute atomic E-state index is 0.225. The van der Waals surface area contributed by atoms with Gasteiger partial charge >= 0.3 is 0 Å². The molecule has 3 aliphatic carbocycles. The first-order valence-corrected chi connectivity index (χ1v) is 42.0. The number of nitrogens with zero attached hydrogens (tertiary/aromatic N) is 6. The van der Waals surface area contributed by atoms with Gasteiger partial charge in [-0.05, 0) is 189 Å². The van der Waals surface area contributed by atoms with Gasteiger partial charge in [0.05, 0.1) is 67.0 Å². The van der Waals surface area contributed by atoms with Gasteiger partial charge in [-0.3, -0.25) is 0 Å². The molecule has 0 bridgehead atoms. The Kier molecular flexibility index (Phi) is 14.1. The first kappa shape index (κ1) is 67.6. The number of para-hydroxylation sites is 4. The highest BCUT2D eigenvalue weighted by atomic mass is 15.0. The summed E-state index contributed by atoms with van der Waals surface area (Å²) in [4.78, 5) is 21.9. The molecule has 6 heteroatoms. The van der Waals surface area contributed by atoms with E-state index in [-0.39, 0.29) is 5.41 Å². The summed E-state index contributed by atoms with van der Waals surface area (Å²) in [6.45, 7) is 4.69. The zero-order valence-electron chi connectivity index (χ0n) is 66.3. The molecule has 17 aromatic carbocycles. The molecule has 0 radical (unpaired) electrons. The fourth-order valence-electron chi connectivity index (χ4n) is 22.1. The molecule has 121 heavy (non-hydrogen) atoms. The third-order valence-corrected chi connectivity index (χ3v) is 27.4. The molecule has 0 N–H and O–H groups in total. The van der Waals surface area contributed by atoms with Crippen molar-refractivity contribution in [1.29, 1.82) is 0 Å². The number of benzene rings is 17. The average molecular weight is 1540 g/mol. The molecule has 2 spiro atoms. The van der Waals surface area contributed by atoms with Gasteiger partial charge in [0.2, 0.25) is 0 Å². The lowest BCUT2D eigenvalue weighted by atomic mass is 9.65. The van der Waals surface area contributed by atoms with E-state index in [1.165, 1.54) is 133 Å². The van der Waals surface area contributed by atoms with E-state index in [2.05, 4.69) is 411 Å². The monoisotopic (exact) mass is 1540 g/mol. The zero-order valence-corrected chi connectivity index (χ0v) is 66.3. The van der Waals surface area contributed by atoms with Crippen LogP contribution in [0.4, 0.5) is 0 Å². The first-order valence-electron chi connectivity index (χ1n) is 42.0. The molecule has 4 aromatic heterocycles. The van der Waals surface area contributed by atoms with Crippen molar-refractivity contribution in [1.82, 2.24) is 29.1 Å². The van der Waals surface area contributed by atoms with Gasteiger partial charge in [-0.2, -0.15) is 0 Å². The number of hydrogen-bond acceptors (Lipinski definition) is 4. The van der Waals surface area contributed by atoms with E-state index >= 15 is 0 Å². The summed E-state index contributed by atoms with van der Waals surface area (Å²) in [5, 5.41) is 4.94. The van der Waals surface area contributed by atoms with Crippen LogP contribution in [-0.2, 0) is 16.2 Å². The van der Waals surface area contributed by atoms with Crippen LogP contribution in [0.5, 0.6) is 0 Å². The molecular weight excluding hydrogens is 1470 g/mol. The van der Waals surface area contributed by atoms with Crippen molar-refractivity contribution in [3.8, 4) is 146 Å². The van der Waals surface area contributed by atoms with Crippen LogP contribution >= 0.6 is 0 Å². The fraction of sp³-hybridized carbons (Fsp3) is 0.0435. The quantitative estimate of drug-likeness (QED) is 0.144. The van der Waals surface area contributed by atoms with Crippen molar-refractivity contribution in [3.63, 3.8) is 0 Å². The number of fused-ring (bicyclic) bond motifs is 27. The minimum Gasteiger partial charge on any atom is -0.309 e. The van der Waals surface area contributed by atoms with Crippen LogP contribution in [-0.4, -0.2) is 29.1 Å². The summed E-state index contributed by atoms with van der Waals surface area (Å²) in [6.07, 6.45) is 0. The summed E-state index contributed by atoms with van der Waals surface area (Å²) in [7, 11) is 0. The average Bonchev–Trinajstić information content (AvgIpc) is 1.51. The standard InChI is InChI=1S/C115H72N6/c1-113(2)90-42-14-9-34-81(90)85-60-57-79(66-97(85)113)112-118-102(72-54-52-69(53-55-72)74-56-59-86-84-37-12-17-45-93(84)115(98(86)64-74)94-46-18-20-50-105(94)120-104-49-19-13-38-87(104)88-40-23-47-95(115)109(88)120)68-103(119-112)77-32-22-31-76(63-77)80-39-25-51-107-108(80)89-41-24-48-96-110(89)121(107)106-61-58-75(65-99(106)114(96)91-43-15-10-35-82(91)83-36-11-16-44-92(83)114)73-30-21-33-78(62-73)111-116-100(70-26-5-3-6-27-70)67-101(117-111)71-28-7-4-8-29-71/h3-68H,1-2H3. The van der Waals surface area contributed by atoms with Crippen molar-refractivity contribution < 1.29 is 0 Å². The maximum absolute atomic E-state index is 5.68. The summed E-state index contributed by atoms with van der Waals surface area (Å²) in [5.74, 6) is 1.35. The molecule has 2 aliphatic heterocycles. The van der Waals surface area contributed by atoms with Crippen molar-refractivity contribution >= 4 is 43.6 Å². The molecule has 0 saturated heterocycles. The van der Waals surface area contributed by atoms with Crippen LogP contribution in [0.25, 0.3) is 190 Å². The molecule has 5 aliphatic rings. The predicted molar refractivity (Wildman–Crippen MR) is 495 cm³/mol. The highest BCUT2D eigenvalue weighted by molar-refractivity contribution is 6.19. The van der Waals surface area contributed by atoms with Crippen LogP contribution in [0.2, 0.25) is 0 Å². The normalized spacial score (nSPS) is 14.7. The van der Waals surface area contributed by atoms with Crippen molar-refractivity contribution in [3.05, 3.63) is 456 Å². The molecule has 0 fully saturated rings. The Balaban J connectivity index is 0.618. The highest BCUT2D eigenvalue weighted by Crippen LogP contribution is 2.64. The van der Waals surface area contributed by atoms with Crippen LogP contribution in [0.1, 0.15) is 69.5 Å². The summed E-state index contributed by atoms with van der Waals surface area (Å²) >= 11 is 0. The molecule has 6 heterocycles. The Hall–Kier alpha value is -15.5. The van der Waals surface area contributed by atoms with E-state index < -0.39 is 10.8 Å². The second kappa shape index (κ2) is 25.3. The van der Waals surface area contributed by atoms with Gasteiger partial charge in [-0.15, -0.1) is 0 Å². The molecular formula is C115H72N6. The van der Waals surface area contributed by atoms with Crippen LogP contribution in [0, 0.1) is 0 Å². The maximum Gasteiger partial charge on any atom is 0.160 e. The smallest absolute Gasteiger partial charge is 0.160 e. The molecule has 26 rings (SSSR count). The number of hydrogen-bond donors (Lipinski definition) is 0. The molecule has 562 valence electrons.